The fraction of sp³-hybridized carbons (Fsp3) is 0.316. The second kappa shape index (κ2) is 6.98. The molecule has 1 heterocycles. The van der Waals surface area contributed by atoms with Crippen molar-refractivity contribution in [1.29, 1.82) is 0 Å². The monoisotopic (exact) mass is 358 g/mol. The van der Waals surface area contributed by atoms with Crippen molar-refractivity contribution in [3.8, 4) is 0 Å². The molecule has 0 aromatic heterocycles. The van der Waals surface area contributed by atoms with E-state index in [1.807, 2.05) is 32.0 Å². The summed E-state index contributed by atoms with van der Waals surface area (Å²) < 4.78 is 27.1. The predicted molar refractivity (Wildman–Crippen MR) is 96.9 cm³/mol. The summed E-state index contributed by atoms with van der Waals surface area (Å²) in [5, 5.41) is 0. The molecule has 2 aromatic carbocycles. The molecular weight excluding hydrogens is 336 g/mol. The van der Waals surface area contributed by atoms with Crippen molar-refractivity contribution in [3.05, 3.63) is 65.7 Å². The van der Waals surface area contributed by atoms with Crippen LogP contribution in [0.1, 0.15) is 22.8 Å². The van der Waals surface area contributed by atoms with Gasteiger partial charge in [-0.1, -0.05) is 35.9 Å². The van der Waals surface area contributed by atoms with Gasteiger partial charge in [-0.3, -0.25) is 4.79 Å². The zero-order valence-electron chi connectivity index (χ0n) is 14.4. The molecule has 1 aliphatic heterocycles. The standard InChI is InChI=1S/C19H22N2O3S/c1-15-8-10-18(11-9-15)25(23,24)20-12-13-21(16(2)14-20)19(22)17-6-4-3-5-7-17/h3-11,16H,12-14H2,1-2H3. The molecule has 2 aromatic rings. The van der Waals surface area contributed by atoms with Crippen LogP contribution in [0.15, 0.2) is 59.5 Å². The molecule has 6 heteroatoms. The molecule has 0 radical (unpaired) electrons. The number of piperazine rings is 1. The molecule has 0 N–H and O–H groups in total. The Hall–Kier alpha value is -2.18. The largest absolute Gasteiger partial charge is 0.333 e. The Balaban J connectivity index is 1.75. The average Bonchev–Trinajstić information content (AvgIpc) is 2.62. The average molecular weight is 358 g/mol. The SMILES string of the molecule is Cc1ccc(S(=O)(=O)N2CCN(C(=O)c3ccccc3)C(C)C2)cc1. The van der Waals surface area contributed by atoms with E-state index in [4.69, 9.17) is 0 Å². The number of amides is 1. The van der Waals surface area contributed by atoms with E-state index in [2.05, 4.69) is 0 Å². The van der Waals surface area contributed by atoms with Crippen LogP contribution in [0.3, 0.4) is 0 Å². The number of hydrogen-bond acceptors (Lipinski definition) is 3. The fourth-order valence-electron chi connectivity index (χ4n) is 3.05. The van der Waals surface area contributed by atoms with Crippen molar-refractivity contribution in [1.82, 2.24) is 9.21 Å². The van der Waals surface area contributed by atoms with E-state index in [1.54, 1.807) is 41.3 Å². The van der Waals surface area contributed by atoms with Crippen molar-refractivity contribution in [2.45, 2.75) is 24.8 Å². The van der Waals surface area contributed by atoms with Gasteiger partial charge in [0.15, 0.2) is 0 Å². The highest BCUT2D eigenvalue weighted by molar-refractivity contribution is 7.89. The highest BCUT2D eigenvalue weighted by Crippen LogP contribution is 2.21. The molecule has 3 rings (SSSR count). The van der Waals surface area contributed by atoms with E-state index in [-0.39, 0.29) is 11.9 Å². The van der Waals surface area contributed by atoms with E-state index in [0.717, 1.165) is 5.56 Å². The summed E-state index contributed by atoms with van der Waals surface area (Å²) in [6, 6.07) is 15.8. The summed E-state index contributed by atoms with van der Waals surface area (Å²) in [5.41, 5.74) is 1.65. The van der Waals surface area contributed by atoms with Gasteiger partial charge in [0.2, 0.25) is 10.0 Å². The van der Waals surface area contributed by atoms with E-state index in [1.165, 1.54) is 4.31 Å². The van der Waals surface area contributed by atoms with Gasteiger partial charge in [0.1, 0.15) is 0 Å². The molecule has 0 aliphatic carbocycles. The van der Waals surface area contributed by atoms with Gasteiger partial charge < -0.3 is 4.90 Å². The molecule has 25 heavy (non-hydrogen) atoms. The van der Waals surface area contributed by atoms with E-state index in [9.17, 15) is 13.2 Å². The Bertz CT molecular complexity index is 848. The highest BCUT2D eigenvalue weighted by Gasteiger charge is 2.34. The minimum atomic E-state index is -3.53. The van der Waals surface area contributed by atoms with Crippen molar-refractivity contribution >= 4 is 15.9 Å². The topological polar surface area (TPSA) is 57.7 Å². The lowest BCUT2D eigenvalue weighted by atomic mass is 10.1. The molecule has 1 atom stereocenters. The zero-order chi connectivity index (χ0) is 18.0. The molecular formula is C19H22N2O3S. The number of aryl methyl sites for hydroxylation is 1. The molecule has 0 saturated carbocycles. The van der Waals surface area contributed by atoms with E-state index in [0.29, 0.717) is 30.1 Å². The van der Waals surface area contributed by atoms with Gasteiger partial charge in [0.05, 0.1) is 4.90 Å². The number of sulfonamides is 1. The third kappa shape index (κ3) is 3.60. The first-order chi connectivity index (χ1) is 11.9. The van der Waals surface area contributed by atoms with Crippen LogP contribution < -0.4 is 0 Å². The van der Waals surface area contributed by atoms with Crippen molar-refractivity contribution in [2.75, 3.05) is 19.6 Å². The number of carbonyl (C=O) groups excluding carboxylic acids is 1. The number of benzene rings is 2. The van der Waals surface area contributed by atoms with Gasteiger partial charge in [-0.25, -0.2) is 8.42 Å². The lowest BCUT2D eigenvalue weighted by Gasteiger charge is -2.39. The van der Waals surface area contributed by atoms with Gasteiger partial charge in [-0.15, -0.1) is 0 Å². The molecule has 0 bridgehead atoms. The van der Waals surface area contributed by atoms with Crippen LogP contribution in [0, 0.1) is 6.92 Å². The van der Waals surface area contributed by atoms with Gasteiger partial charge in [-0.05, 0) is 38.1 Å². The Labute approximate surface area is 148 Å². The van der Waals surface area contributed by atoms with E-state index >= 15 is 0 Å². The second-order valence-corrected chi connectivity index (χ2v) is 8.33. The third-order valence-electron chi connectivity index (χ3n) is 4.53. The molecule has 5 nitrogen and oxygen atoms in total. The first kappa shape index (κ1) is 17.6. The van der Waals surface area contributed by atoms with Gasteiger partial charge in [0, 0.05) is 31.2 Å². The maximum absolute atomic E-state index is 12.8. The molecule has 1 unspecified atom stereocenters. The first-order valence-corrected chi connectivity index (χ1v) is 9.76. The summed E-state index contributed by atoms with van der Waals surface area (Å²) in [6.45, 7) is 4.80. The van der Waals surface area contributed by atoms with E-state index < -0.39 is 10.0 Å². The van der Waals surface area contributed by atoms with Gasteiger partial charge >= 0.3 is 0 Å². The minimum absolute atomic E-state index is 0.0551. The Kier molecular flexibility index (Phi) is 4.92. The summed E-state index contributed by atoms with van der Waals surface area (Å²) in [6.07, 6.45) is 0. The van der Waals surface area contributed by atoms with Crippen LogP contribution in [0.25, 0.3) is 0 Å². The van der Waals surface area contributed by atoms with Crippen LogP contribution >= 0.6 is 0 Å². The minimum Gasteiger partial charge on any atom is -0.333 e. The molecule has 1 saturated heterocycles. The zero-order valence-corrected chi connectivity index (χ0v) is 15.2. The Morgan fingerprint density at radius 2 is 1.64 bits per heavy atom. The number of rotatable bonds is 3. The summed E-state index contributed by atoms with van der Waals surface area (Å²) in [5.74, 6) is -0.0551. The van der Waals surface area contributed by atoms with Crippen LogP contribution in [-0.4, -0.2) is 49.2 Å². The van der Waals surface area contributed by atoms with Crippen LogP contribution in [0.5, 0.6) is 0 Å². The molecule has 1 aliphatic rings. The summed E-state index contributed by atoms with van der Waals surface area (Å²) in [4.78, 5) is 14.7. The van der Waals surface area contributed by atoms with Gasteiger partial charge in [-0.2, -0.15) is 4.31 Å². The number of hydrogen-bond donors (Lipinski definition) is 0. The summed E-state index contributed by atoms with van der Waals surface area (Å²) >= 11 is 0. The normalized spacial score (nSPS) is 19.0. The fourth-order valence-corrected chi connectivity index (χ4v) is 4.56. The lowest BCUT2D eigenvalue weighted by molar-refractivity contribution is 0.0591. The first-order valence-electron chi connectivity index (χ1n) is 8.32. The second-order valence-electron chi connectivity index (χ2n) is 6.39. The third-order valence-corrected chi connectivity index (χ3v) is 6.41. The van der Waals surface area contributed by atoms with Crippen LogP contribution in [-0.2, 0) is 10.0 Å². The smallest absolute Gasteiger partial charge is 0.254 e. The highest BCUT2D eigenvalue weighted by atomic mass is 32.2. The van der Waals surface area contributed by atoms with Crippen molar-refractivity contribution in [2.24, 2.45) is 0 Å². The number of nitrogens with zero attached hydrogens (tertiary/aromatic N) is 2. The maximum atomic E-state index is 12.8. The van der Waals surface area contributed by atoms with Crippen LogP contribution in [0.4, 0.5) is 0 Å². The number of carbonyl (C=O) groups is 1. The Morgan fingerprint density at radius 3 is 2.24 bits per heavy atom. The van der Waals surface area contributed by atoms with Crippen molar-refractivity contribution < 1.29 is 13.2 Å². The molecule has 0 spiro atoms. The summed E-state index contributed by atoms with van der Waals surface area (Å²) in [7, 11) is -3.53. The molecule has 1 amide bonds. The maximum Gasteiger partial charge on any atom is 0.254 e. The Morgan fingerprint density at radius 1 is 1.00 bits per heavy atom. The quantitative estimate of drug-likeness (QED) is 0.847. The molecule has 1 fully saturated rings. The van der Waals surface area contributed by atoms with Crippen molar-refractivity contribution in [3.63, 3.8) is 0 Å². The lowest BCUT2D eigenvalue weighted by Crippen LogP contribution is -2.55. The molecule has 132 valence electrons. The van der Waals surface area contributed by atoms with Gasteiger partial charge in [0.25, 0.3) is 5.91 Å². The predicted octanol–water partition coefficient (Wildman–Crippen LogP) is 2.53. The van der Waals surface area contributed by atoms with Crippen LogP contribution in [0.2, 0.25) is 0 Å².